The number of carbonyl (C=O) groups is 2. The van der Waals surface area contributed by atoms with Gasteiger partial charge in [-0.05, 0) is 59.9 Å². The molecule has 0 spiro atoms. The maximum Gasteiger partial charge on any atom is 0.416 e. The highest BCUT2D eigenvalue weighted by Crippen LogP contribution is 2.34. The van der Waals surface area contributed by atoms with Crippen LogP contribution in [0.15, 0.2) is 78.2 Å². The third kappa shape index (κ3) is 7.07. The standard InChI is InChI=1S/C31H25F6N3O2S/c32-30(33,34)22-10-8-20(9-11-22)24-6-1-2-7-25(24)29(42)40-14-12-21(13-15-40)28-39-26(18-43-28)27(41)38-17-19-4-3-5-23(16-19)31(35,36)37/h1-11,16,18,21H,12-15,17H2,(H,38,41). The number of benzene rings is 3. The maximum absolute atomic E-state index is 13.4. The minimum Gasteiger partial charge on any atom is -0.347 e. The first-order chi connectivity index (χ1) is 20.4. The van der Waals surface area contributed by atoms with Crippen LogP contribution >= 0.6 is 11.3 Å². The normalized spacial score (nSPS) is 14.5. The largest absolute Gasteiger partial charge is 0.416 e. The third-order valence-electron chi connectivity index (χ3n) is 7.27. The van der Waals surface area contributed by atoms with Crippen molar-refractivity contribution < 1.29 is 35.9 Å². The first-order valence-corrected chi connectivity index (χ1v) is 14.2. The zero-order chi connectivity index (χ0) is 30.8. The zero-order valence-electron chi connectivity index (χ0n) is 22.5. The van der Waals surface area contributed by atoms with Crippen LogP contribution in [0.3, 0.4) is 0 Å². The van der Waals surface area contributed by atoms with Crippen molar-refractivity contribution >= 4 is 23.2 Å². The topological polar surface area (TPSA) is 62.3 Å². The molecule has 5 rings (SSSR count). The Kier molecular flexibility index (Phi) is 8.59. The van der Waals surface area contributed by atoms with Gasteiger partial charge in [-0.3, -0.25) is 9.59 Å². The van der Waals surface area contributed by atoms with E-state index in [1.54, 1.807) is 34.5 Å². The number of likely N-dealkylation sites (tertiary alicyclic amines) is 1. The lowest BCUT2D eigenvalue weighted by molar-refractivity contribution is -0.138. The molecule has 1 aliphatic heterocycles. The molecule has 1 fully saturated rings. The molecule has 4 aromatic rings. The molecule has 224 valence electrons. The Morgan fingerprint density at radius 1 is 0.860 bits per heavy atom. The van der Waals surface area contributed by atoms with Gasteiger partial charge in [-0.25, -0.2) is 4.98 Å². The molecular weight excluding hydrogens is 592 g/mol. The summed E-state index contributed by atoms with van der Waals surface area (Å²) in [5.41, 5.74) is 0.391. The number of alkyl halides is 6. The van der Waals surface area contributed by atoms with Gasteiger partial charge >= 0.3 is 12.4 Å². The Bertz CT molecular complexity index is 1610. The molecule has 3 aromatic carbocycles. The highest BCUT2D eigenvalue weighted by molar-refractivity contribution is 7.09. The summed E-state index contributed by atoms with van der Waals surface area (Å²) in [7, 11) is 0. The molecular formula is C31H25F6N3O2S. The summed E-state index contributed by atoms with van der Waals surface area (Å²) in [5.74, 6) is -0.695. The first-order valence-electron chi connectivity index (χ1n) is 13.4. The zero-order valence-corrected chi connectivity index (χ0v) is 23.3. The fraction of sp³-hybridized carbons (Fsp3) is 0.258. The number of amides is 2. The molecule has 0 radical (unpaired) electrons. The molecule has 0 saturated carbocycles. The van der Waals surface area contributed by atoms with E-state index in [0.717, 1.165) is 29.3 Å². The summed E-state index contributed by atoms with van der Waals surface area (Å²) in [5, 5.41) is 4.95. The van der Waals surface area contributed by atoms with Crippen molar-refractivity contribution in [1.29, 1.82) is 0 Å². The SMILES string of the molecule is O=C(NCc1cccc(C(F)(F)F)c1)c1csc(C2CCN(C(=O)c3ccccc3-c3ccc(C(F)(F)F)cc3)CC2)n1. The van der Waals surface area contributed by atoms with E-state index < -0.39 is 29.4 Å². The van der Waals surface area contributed by atoms with Gasteiger partial charge in [-0.1, -0.05) is 42.5 Å². The van der Waals surface area contributed by atoms with Crippen molar-refractivity contribution in [3.63, 3.8) is 0 Å². The van der Waals surface area contributed by atoms with Crippen molar-refractivity contribution in [2.45, 2.75) is 37.7 Å². The van der Waals surface area contributed by atoms with Crippen LogP contribution in [-0.4, -0.2) is 34.8 Å². The fourth-order valence-corrected chi connectivity index (χ4v) is 5.94. The second-order valence-corrected chi connectivity index (χ2v) is 11.0. The molecule has 2 amide bonds. The average molecular weight is 618 g/mol. The quantitative estimate of drug-likeness (QED) is 0.225. The van der Waals surface area contributed by atoms with E-state index >= 15 is 0 Å². The minimum atomic E-state index is -4.47. The smallest absolute Gasteiger partial charge is 0.347 e. The van der Waals surface area contributed by atoms with Crippen LogP contribution in [-0.2, 0) is 18.9 Å². The highest BCUT2D eigenvalue weighted by atomic mass is 32.1. The molecule has 1 saturated heterocycles. The number of nitrogens with zero attached hydrogens (tertiary/aromatic N) is 2. The van der Waals surface area contributed by atoms with Gasteiger partial charge in [0.2, 0.25) is 0 Å². The number of nitrogens with one attached hydrogen (secondary N) is 1. The molecule has 0 bridgehead atoms. The van der Waals surface area contributed by atoms with Crippen LogP contribution < -0.4 is 5.32 Å². The third-order valence-corrected chi connectivity index (χ3v) is 8.28. The summed E-state index contributed by atoms with van der Waals surface area (Å²) in [6, 6.07) is 16.3. The van der Waals surface area contributed by atoms with Crippen LogP contribution in [0.2, 0.25) is 0 Å². The van der Waals surface area contributed by atoms with Gasteiger partial charge in [0.05, 0.1) is 16.1 Å². The molecule has 1 aromatic heterocycles. The molecule has 43 heavy (non-hydrogen) atoms. The van der Waals surface area contributed by atoms with E-state index in [-0.39, 0.29) is 24.1 Å². The predicted molar refractivity (Wildman–Crippen MR) is 149 cm³/mol. The second-order valence-electron chi connectivity index (χ2n) is 10.1. The van der Waals surface area contributed by atoms with Crippen molar-refractivity contribution in [1.82, 2.24) is 15.2 Å². The van der Waals surface area contributed by atoms with E-state index in [1.165, 1.54) is 35.6 Å². The summed E-state index contributed by atoms with van der Waals surface area (Å²) < 4.78 is 77.8. The molecule has 0 aliphatic carbocycles. The lowest BCUT2D eigenvalue weighted by atomic mass is 9.94. The minimum absolute atomic E-state index is 0.0178. The summed E-state index contributed by atoms with van der Waals surface area (Å²) >= 11 is 1.32. The number of thiazole rings is 1. The van der Waals surface area contributed by atoms with Crippen LogP contribution in [0.5, 0.6) is 0 Å². The lowest BCUT2D eigenvalue weighted by Crippen LogP contribution is -2.38. The average Bonchev–Trinajstić information content (AvgIpc) is 3.50. The van der Waals surface area contributed by atoms with Crippen molar-refractivity contribution in [3.05, 3.63) is 111 Å². The molecule has 1 aliphatic rings. The van der Waals surface area contributed by atoms with Crippen molar-refractivity contribution in [2.24, 2.45) is 0 Å². The fourth-order valence-electron chi connectivity index (χ4n) is 4.97. The number of hydrogen-bond acceptors (Lipinski definition) is 4. The van der Waals surface area contributed by atoms with Gasteiger partial charge in [0, 0.05) is 36.5 Å². The van der Waals surface area contributed by atoms with E-state index in [9.17, 15) is 35.9 Å². The summed E-state index contributed by atoms with van der Waals surface area (Å²) in [4.78, 5) is 32.2. The number of halogens is 6. The number of aromatic nitrogens is 1. The summed E-state index contributed by atoms with van der Waals surface area (Å²) in [6.45, 7) is 0.785. The number of hydrogen-bond donors (Lipinski definition) is 1. The van der Waals surface area contributed by atoms with Gasteiger partial charge in [-0.15, -0.1) is 11.3 Å². The Hall–Kier alpha value is -4.19. The lowest BCUT2D eigenvalue weighted by Gasteiger charge is -2.31. The Balaban J connectivity index is 1.19. The van der Waals surface area contributed by atoms with Crippen LogP contribution in [0.25, 0.3) is 11.1 Å². The van der Waals surface area contributed by atoms with Crippen LogP contribution in [0.4, 0.5) is 26.3 Å². The van der Waals surface area contributed by atoms with E-state index in [4.69, 9.17) is 0 Å². The molecule has 2 heterocycles. The van der Waals surface area contributed by atoms with E-state index in [1.807, 2.05) is 0 Å². The van der Waals surface area contributed by atoms with Gasteiger partial charge < -0.3 is 10.2 Å². The monoisotopic (exact) mass is 617 g/mol. The van der Waals surface area contributed by atoms with E-state index in [0.29, 0.717) is 48.2 Å². The molecule has 0 atom stereocenters. The molecule has 5 nitrogen and oxygen atoms in total. The van der Waals surface area contributed by atoms with Crippen LogP contribution in [0, 0.1) is 0 Å². The first kappa shape index (κ1) is 30.3. The predicted octanol–water partition coefficient (Wildman–Crippen LogP) is 7.80. The highest BCUT2D eigenvalue weighted by Gasteiger charge is 2.32. The Morgan fingerprint density at radius 3 is 2.21 bits per heavy atom. The van der Waals surface area contributed by atoms with Gasteiger partial charge in [0.15, 0.2) is 0 Å². The van der Waals surface area contributed by atoms with Crippen molar-refractivity contribution in [2.75, 3.05) is 13.1 Å². The second kappa shape index (κ2) is 12.2. The number of piperidine rings is 1. The van der Waals surface area contributed by atoms with Gasteiger partial charge in [-0.2, -0.15) is 26.3 Å². The molecule has 12 heteroatoms. The maximum atomic E-state index is 13.4. The molecule has 0 unspecified atom stereocenters. The van der Waals surface area contributed by atoms with Gasteiger partial charge in [0.1, 0.15) is 5.69 Å². The van der Waals surface area contributed by atoms with E-state index in [2.05, 4.69) is 10.3 Å². The Morgan fingerprint density at radius 2 is 1.53 bits per heavy atom. The number of rotatable bonds is 6. The Labute approximate surface area is 247 Å². The van der Waals surface area contributed by atoms with Crippen molar-refractivity contribution in [3.8, 4) is 11.1 Å². The van der Waals surface area contributed by atoms with Gasteiger partial charge in [0.25, 0.3) is 11.8 Å². The number of carbonyl (C=O) groups excluding carboxylic acids is 2. The van der Waals surface area contributed by atoms with Crippen LogP contribution in [0.1, 0.15) is 61.3 Å². The summed E-state index contributed by atoms with van der Waals surface area (Å²) in [6.07, 6.45) is -7.72. The molecule has 1 N–H and O–H groups in total.